The molecule has 1 aromatic carbocycles. The molecule has 0 aliphatic heterocycles. The molecule has 0 aliphatic carbocycles. The summed E-state index contributed by atoms with van der Waals surface area (Å²) in [5.74, 6) is 0.393. The molecule has 0 saturated carbocycles. The van der Waals surface area contributed by atoms with E-state index in [0.717, 1.165) is 5.69 Å². The zero-order chi connectivity index (χ0) is 13.4. The highest BCUT2D eigenvalue weighted by atomic mass is 35.5. The molecule has 0 aliphatic rings. The van der Waals surface area contributed by atoms with Crippen LogP contribution in [-0.2, 0) is 9.59 Å². The van der Waals surface area contributed by atoms with E-state index < -0.39 is 0 Å². The topological polar surface area (TPSA) is 58.2 Å². The SMILES string of the molecule is CCC(=O)Nc1ccc(NC(=O)CCCCl)cc1. The molecule has 0 fully saturated rings. The Morgan fingerprint density at radius 1 is 1.06 bits per heavy atom. The van der Waals surface area contributed by atoms with Gasteiger partial charge in [-0.1, -0.05) is 6.92 Å². The smallest absolute Gasteiger partial charge is 0.224 e. The predicted octanol–water partition coefficient (Wildman–Crippen LogP) is 2.99. The van der Waals surface area contributed by atoms with E-state index in [-0.39, 0.29) is 11.8 Å². The molecular formula is C13H17ClN2O2. The van der Waals surface area contributed by atoms with Gasteiger partial charge in [0.15, 0.2) is 0 Å². The Kier molecular flexibility index (Phi) is 6.22. The molecule has 2 amide bonds. The van der Waals surface area contributed by atoms with Gasteiger partial charge in [-0.15, -0.1) is 11.6 Å². The number of carbonyl (C=O) groups excluding carboxylic acids is 2. The summed E-state index contributed by atoms with van der Waals surface area (Å²) in [4.78, 5) is 22.6. The van der Waals surface area contributed by atoms with Crippen LogP contribution in [0.25, 0.3) is 0 Å². The molecule has 98 valence electrons. The van der Waals surface area contributed by atoms with E-state index in [2.05, 4.69) is 10.6 Å². The summed E-state index contributed by atoms with van der Waals surface area (Å²) in [5, 5.41) is 5.50. The summed E-state index contributed by atoms with van der Waals surface area (Å²) in [7, 11) is 0. The van der Waals surface area contributed by atoms with E-state index in [9.17, 15) is 9.59 Å². The number of halogens is 1. The second-order valence-electron chi connectivity index (χ2n) is 3.82. The van der Waals surface area contributed by atoms with Crippen molar-refractivity contribution >= 4 is 34.8 Å². The fourth-order valence-electron chi connectivity index (χ4n) is 1.34. The van der Waals surface area contributed by atoms with Crippen molar-refractivity contribution in [1.29, 1.82) is 0 Å². The molecule has 0 spiro atoms. The van der Waals surface area contributed by atoms with Crippen molar-refractivity contribution in [2.75, 3.05) is 16.5 Å². The van der Waals surface area contributed by atoms with Crippen LogP contribution in [0.1, 0.15) is 26.2 Å². The van der Waals surface area contributed by atoms with Gasteiger partial charge in [-0.3, -0.25) is 9.59 Å². The summed E-state index contributed by atoms with van der Waals surface area (Å²) in [6, 6.07) is 7.02. The van der Waals surface area contributed by atoms with Gasteiger partial charge in [-0.05, 0) is 30.7 Å². The third-order valence-corrected chi connectivity index (χ3v) is 2.58. The average molecular weight is 269 g/mol. The Morgan fingerprint density at radius 3 is 2.00 bits per heavy atom. The van der Waals surface area contributed by atoms with E-state index in [4.69, 9.17) is 11.6 Å². The largest absolute Gasteiger partial charge is 0.326 e. The van der Waals surface area contributed by atoms with Gasteiger partial charge >= 0.3 is 0 Å². The standard InChI is InChI=1S/C13H17ClN2O2/c1-2-12(17)15-10-5-7-11(8-6-10)16-13(18)4-3-9-14/h5-8H,2-4,9H2,1H3,(H,15,17)(H,16,18). The zero-order valence-corrected chi connectivity index (χ0v) is 11.1. The molecule has 4 nitrogen and oxygen atoms in total. The summed E-state index contributed by atoms with van der Waals surface area (Å²) in [6.45, 7) is 1.79. The lowest BCUT2D eigenvalue weighted by Gasteiger charge is -2.07. The minimum absolute atomic E-state index is 0.0334. The van der Waals surface area contributed by atoms with Crippen LogP contribution < -0.4 is 10.6 Å². The van der Waals surface area contributed by atoms with Crippen molar-refractivity contribution < 1.29 is 9.59 Å². The highest BCUT2D eigenvalue weighted by Crippen LogP contribution is 2.14. The maximum atomic E-state index is 11.4. The van der Waals surface area contributed by atoms with Gasteiger partial charge in [0, 0.05) is 30.1 Å². The number of rotatable bonds is 6. The Balaban J connectivity index is 2.49. The molecule has 0 radical (unpaired) electrons. The van der Waals surface area contributed by atoms with Crippen LogP contribution in [0, 0.1) is 0 Å². The number of hydrogen-bond acceptors (Lipinski definition) is 2. The molecule has 2 N–H and O–H groups in total. The summed E-state index contributed by atoms with van der Waals surface area (Å²) < 4.78 is 0. The number of nitrogens with one attached hydrogen (secondary N) is 2. The number of alkyl halides is 1. The number of hydrogen-bond donors (Lipinski definition) is 2. The Hall–Kier alpha value is -1.55. The lowest BCUT2D eigenvalue weighted by Crippen LogP contribution is -2.12. The molecule has 0 bridgehead atoms. The molecule has 1 aromatic rings. The van der Waals surface area contributed by atoms with E-state index in [1.165, 1.54) is 0 Å². The normalized spacial score (nSPS) is 9.89. The van der Waals surface area contributed by atoms with Crippen LogP contribution in [0.4, 0.5) is 11.4 Å². The fraction of sp³-hybridized carbons (Fsp3) is 0.385. The van der Waals surface area contributed by atoms with Crippen molar-refractivity contribution in [2.45, 2.75) is 26.2 Å². The van der Waals surface area contributed by atoms with Gasteiger partial charge in [0.05, 0.1) is 0 Å². The maximum Gasteiger partial charge on any atom is 0.224 e. The molecule has 1 rings (SSSR count). The number of anilines is 2. The Morgan fingerprint density at radius 2 is 1.56 bits per heavy atom. The van der Waals surface area contributed by atoms with Gasteiger partial charge < -0.3 is 10.6 Å². The Bertz CT molecular complexity index is 404. The third-order valence-electron chi connectivity index (χ3n) is 2.31. The molecule has 0 unspecified atom stereocenters. The molecule has 0 saturated heterocycles. The summed E-state index contributed by atoms with van der Waals surface area (Å²) in [6.07, 6.45) is 1.52. The van der Waals surface area contributed by atoms with Crippen molar-refractivity contribution in [3.8, 4) is 0 Å². The lowest BCUT2D eigenvalue weighted by molar-refractivity contribution is -0.116. The number of amides is 2. The Labute approximate surface area is 112 Å². The fourth-order valence-corrected chi connectivity index (χ4v) is 1.47. The predicted molar refractivity (Wildman–Crippen MR) is 73.9 cm³/mol. The van der Waals surface area contributed by atoms with E-state index in [0.29, 0.717) is 30.8 Å². The zero-order valence-electron chi connectivity index (χ0n) is 10.3. The first kappa shape index (κ1) is 14.5. The minimum atomic E-state index is -0.0546. The first-order chi connectivity index (χ1) is 8.65. The van der Waals surface area contributed by atoms with Crippen LogP contribution in [0.3, 0.4) is 0 Å². The van der Waals surface area contributed by atoms with Crippen molar-refractivity contribution in [2.24, 2.45) is 0 Å². The average Bonchev–Trinajstić information content (AvgIpc) is 2.38. The second kappa shape index (κ2) is 7.71. The van der Waals surface area contributed by atoms with Gasteiger partial charge in [-0.25, -0.2) is 0 Å². The van der Waals surface area contributed by atoms with Gasteiger partial charge in [0.25, 0.3) is 0 Å². The van der Waals surface area contributed by atoms with E-state index >= 15 is 0 Å². The lowest BCUT2D eigenvalue weighted by atomic mass is 10.2. The van der Waals surface area contributed by atoms with Crippen molar-refractivity contribution in [3.05, 3.63) is 24.3 Å². The van der Waals surface area contributed by atoms with Crippen LogP contribution >= 0.6 is 11.6 Å². The van der Waals surface area contributed by atoms with Crippen LogP contribution in [-0.4, -0.2) is 17.7 Å². The second-order valence-corrected chi connectivity index (χ2v) is 4.20. The molecule has 5 heteroatoms. The summed E-state index contributed by atoms with van der Waals surface area (Å²) >= 11 is 5.51. The first-order valence-corrected chi connectivity index (χ1v) is 6.45. The number of carbonyl (C=O) groups is 2. The monoisotopic (exact) mass is 268 g/mol. The van der Waals surface area contributed by atoms with Crippen LogP contribution in [0.5, 0.6) is 0 Å². The molecule has 0 heterocycles. The highest BCUT2D eigenvalue weighted by molar-refractivity contribution is 6.18. The molecule has 0 atom stereocenters. The molecule has 18 heavy (non-hydrogen) atoms. The van der Waals surface area contributed by atoms with E-state index in [1.54, 1.807) is 31.2 Å². The van der Waals surface area contributed by atoms with Gasteiger partial charge in [0.1, 0.15) is 0 Å². The van der Waals surface area contributed by atoms with E-state index in [1.807, 2.05) is 0 Å². The minimum Gasteiger partial charge on any atom is -0.326 e. The highest BCUT2D eigenvalue weighted by Gasteiger charge is 2.02. The summed E-state index contributed by atoms with van der Waals surface area (Å²) in [5.41, 5.74) is 1.43. The first-order valence-electron chi connectivity index (χ1n) is 5.91. The van der Waals surface area contributed by atoms with Crippen molar-refractivity contribution in [1.82, 2.24) is 0 Å². The van der Waals surface area contributed by atoms with Crippen molar-refractivity contribution in [3.63, 3.8) is 0 Å². The van der Waals surface area contributed by atoms with Crippen LogP contribution in [0.2, 0.25) is 0 Å². The van der Waals surface area contributed by atoms with Crippen LogP contribution in [0.15, 0.2) is 24.3 Å². The third kappa shape index (κ3) is 5.19. The van der Waals surface area contributed by atoms with Gasteiger partial charge in [-0.2, -0.15) is 0 Å². The quantitative estimate of drug-likeness (QED) is 0.779. The molecular weight excluding hydrogens is 252 g/mol. The number of benzene rings is 1. The maximum absolute atomic E-state index is 11.4. The molecule has 0 aromatic heterocycles. The van der Waals surface area contributed by atoms with Gasteiger partial charge in [0.2, 0.25) is 11.8 Å².